The van der Waals surface area contributed by atoms with Gasteiger partial charge in [-0.15, -0.1) is 0 Å². The number of hydrogen-bond donors (Lipinski definition) is 0. The van der Waals surface area contributed by atoms with Crippen molar-refractivity contribution in [1.29, 1.82) is 0 Å². The zero-order valence-electron chi connectivity index (χ0n) is 3.73. The fourth-order valence-corrected chi connectivity index (χ4v) is 0.118. The monoisotopic (exact) mass is 196 g/mol. The summed E-state index contributed by atoms with van der Waals surface area (Å²) < 4.78 is 4.14. The maximum absolute atomic E-state index is 9.36. The molecule has 0 aliphatic heterocycles. The van der Waals surface area contributed by atoms with Crippen LogP contribution in [0.15, 0.2) is 0 Å². The van der Waals surface area contributed by atoms with Crippen molar-refractivity contribution in [3.05, 3.63) is 0 Å². The first-order valence-electron chi connectivity index (χ1n) is 1.46. The molecule has 0 aromatic heterocycles. The van der Waals surface area contributed by atoms with Crippen molar-refractivity contribution in [2.75, 3.05) is 13.7 Å². The van der Waals surface area contributed by atoms with E-state index in [1.54, 1.807) is 0 Å². The second kappa shape index (κ2) is 6.17. The predicted octanol–water partition coefficient (Wildman–Crippen LogP) is -1.62. The molecular formula is C3H5AgO3. The van der Waals surface area contributed by atoms with Gasteiger partial charge in [-0.3, -0.25) is 0 Å². The van der Waals surface area contributed by atoms with E-state index in [-0.39, 0.29) is 29.0 Å². The van der Waals surface area contributed by atoms with E-state index in [1.807, 2.05) is 0 Å². The first-order chi connectivity index (χ1) is 2.77. The van der Waals surface area contributed by atoms with Crippen LogP contribution in [-0.4, -0.2) is 19.7 Å². The van der Waals surface area contributed by atoms with Crippen LogP contribution < -0.4 is 5.11 Å². The summed E-state index contributed by atoms with van der Waals surface area (Å²) in [6, 6.07) is 0. The smallest absolute Gasteiger partial charge is 0.548 e. The number of methoxy groups -OCH3 is 1. The molecule has 0 rings (SSSR count). The van der Waals surface area contributed by atoms with E-state index in [4.69, 9.17) is 0 Å². The van der Waals surface area contributed by atoms with Crippen molar-refractivity contribution in [3.63, 3.8) is 0 Å². The van der Waals surface area contributed by atoms with Gasteiger partial charge in [-0.05, 0) is 0 Å². The van der Waals surface area contributed by atoms with Crippen molar-refractivity contribution in [2.24, 2.45) is 0 Å². The van der Waals surface area contributed by atoms with Gasteiger partial charge in [-0.2, -0.15) is 0 Å². The Morgan fingerprint density at radius 2 is 2.29 bits per heavy atom. The molecule has 3 nitrogen and oxygen atoms in total. The molecule has 0 heterocycles. The van der Waals surface area contributed by atoms with Crippen LogP contribution in [0.5, 0.6) is 0 Å². The number of aliphatic carboxylic acids is 1. The topological polar surface area (TPSA) is 49.4 Å². The number of hydrogen-bond acceptors (Lipinski definition) is 3. The van der Waals surface area contributed by atoms with Gasteiger partial charge in [-0.1, -0.05) is 0 Å². The summed E-state index contributed by atoms with van der Waals surface area (Å²) in [5.41, 5.74) is 0. The largest absolute Gasteiger partial charge is 1.00 e. The Morgan fingerprint density at radius 1 is 1.86 bits per heavy atom. The van der Waals surface area contributed by atoms with Crippen molar-refractivity contribution in [3.8, 4) is 0 Å². The van der Waals surface area contributed by atoms with Crippen LogP contribution >= 0.6 is 0 Å². The van der Waals surface area contributed by atoms with Gasteiger partial charge in [0.15, 0.2) is 0 Å². The predicted molar refractivity (Wildman–Crippen MR) is 16.9 cm³/mol. The summed E-state index contributed by atoms with van der Waals surface area (Å²) in [4.78, 5) is 9.36. The van der Waals surface area contributed by atoms with E-state index in [1.165, 1.54) is 7.11 Å². The second-order valence-electron chi connectivity index (χ2n) is 0.805. The average molecular weight is 197 g/mol. The van der Waals surface area contributed by atoms with E-state index in [0.29, 0.717) is 0 Å². The Labute approximate surface area is 57.2 Å². The van der Waals surface area contributed by atoms with Crippen LogP contribution in [0.3, 0.4) is 0 Å². The fourth-order valence-electron chi connectivity index (χ4n) is 0.118. The zero-order valence-corrected chi connectivity index (χ0v) is 5.22. The van der Waals surface area contributed by atoms with E-state index in [9.17, 15) is 9.90 Å². The molecule has 46 valence electrons. The summed E-state index contributed by atoms with van der Waals surface area (Å²) in [5, 5.41) is 9.36. The Kier molecular flexibility index (Phi) is 9.00. The minimum atomic E-state index is -1.18. The maximum atomic E-state index is 9.36. The first-order valence-corrected chi connectivity index (χ1v) is 1.46. The van der Waals surface area contributed by atoms with Crippen LogP contribution in [0.2, 0.25) is 0 Å². The average Bonchev–Trinajstić information content (AvgIpc) is 1.35. The van der Waals surface area contributed by atoms with Gasteiger partial charge >= 0.3 is 22.4 Å². The third-order valence-electron chi connectivity index (χ3n) is 0.262. The number of carboxylic acids is 1. The molecule has 0 atom stereocenters. The fraction of sp³-hybridized carbons (Fsp3) is 0.667. The summed E-state index contributed by atoms with van der Waals surface area (Å²) in [6.07, 6.45) is 0. The van der Waals surface area contributed by atoms with Gasteiger partial charge in [0.2, 0.25) is 0 Å². The molecule has 0 saturated carbocycles. The van der Waals surface area contributed by atoms with Gasteiger partial charge in [-0.25, -0.2) is 0 Å². The van der Waals surface area contributed by atoms with Gasteiger partial charge in [0.1, 0.15) is 0 Å². The molecule has 0 spiro atoms. The molecule has 0 unspecified atom stereocenters. The molecule has 0 N–H and O–H groups in total. The van der Waals surface area contributed by atoms with Gasteiger partial charge in [0.05, 0.1) is 12.6 Å². The van der Waals surface area contributed by atoms with Crippen molar-refractivity contribution >= 4 is 5.97 Å². The number of carbonyl (C=O) groups is 1. The first kappa shape index (κ1) is 10.2. The Bertz CT molecular complexity index is 54.1. The molecule has 0 amide bonds. The van der Waals surface area contributed by atoms with Crippen LogP contribution in [0, 0.1) is 0 Å². The van der Waals surface area contributed by atoms with Crippen LogP contribution in [-0.2, 0) is 31.9 Å². The summed E-state index contributed by atoms with van der Waals surface area (Å²) >= 11 is 0. The van der Waals surface area contributed by atoms with Crippen LogP contribution in [0.25, 0.3) is 0 Å². The van der Waals surface area contributed by atoms with Gasteiger partial charge < -0.3 is 14.6 Å². The minimum absolute atomic E-state index is 0. The Hall–Kier alpha value is 0.170. The summed E-state index contributed by atoms with van der Waals surface area (Å²) in [6.45, 7) is -0.319. The summed E-state index contributed by atoms with van der Waals surface area (Å²) in [5.74, 6) is -1.18. The normalized spacial score (nSPS) is 7.00. The molecule has 0 saturated heterocycles. The molecule has 0 aromatic carbocycles. The van der Waals surface area contributed by atoms with E-state index < -0.39 is 5.97 Å². The number of carboxylic acid groups (broad SMARTS) is 1. The van der Waals surface area contributed by atoms with Crippen molar-refractivity contribution < 1.29 is 37.0 Å². The third-order valence-corrected chi connectivity index (χ3v) is 0.262. The molecule has 0 aliphatic carbocycles. The molecular weight excluding hydrogens is 192 g/mol. The number of carbonyl (C=O) groups excluding carboxylic acids is 1. The van der Waals surface area contributed by atoms with Crippen LogP contribution in [0.4, 0.5) is 0 Å². The molecule has 0 aromatic rings. The summed E-state index contributed by atoms with van der Waals surface area (Å²) in [7, 11) is 1.30. The van der Waals surface area contributed by atoms with E-state index in [0.717, 1.165) is 0 Å². The Balaban J connectivity index is 0. The Morgan fingerprint density at radius 3 is 2.29 bits per heavy atom. The van der Waals surface area contributed by atoms with E-state index in [2.05, 4.69) is 4.74 Å². The molecule has 0 radical (unpaired) electrons. The molecule has 0 bridgehead atoms. The molecule has 4 heteroatoms. The number of ether oxygens (including phenoxy) is 1. The van der Waals surface area contributed by atoms with Crippen molar-refractivity contribution in [2.45, 2.75) is 0 Å². The van der Waals surface area contributed by atoms with Crippen molar-refractivity contribution in [1.82, 2.24) is 0 Å². The van der Waals surface area contributed by atoms with Gasteiger partial charge in [0, 0.05) is 7.11 Å². The standard InChI is InChI=1S/C3H6O3.Ag/c1-6-2-3(4)5;/h2H2,1H3,(H,4,5);/q;+1/p-1. The number of rotatable bonds is 2. The molecule has 0 fully saturated rings. The zero-order chi connectivity index (χ0) is 4.99. The molecule has 7 heavy (non-hydrogen) atoms. The van der Waals surface area contributed by atoms with E-state index >= 15 is 0 Å². The minimum Gasteiger partial charge on any atom is -0.548 e. The van der Waals surface area contributed by atoms with Crippen LogP contribution in [0.1, 0.15) is 0 Å². The second-order valence-corrected chi connectivity index (χ2v) is 0.805. The maximum Gasteiger partial charge on any atom is 1.00 e. The quantitative estimate of drug-likeness (QED) is 0.500. The molecule has 0 aliphatic rings. The third kappa shape index (κ3) is 10.7. The van der Waals surface area contributed by atoms with Gasteiger partial charge in [0.25, 0.3) is 0 Å². The SMILES string of the molecule is COCC(=O)[O-].[Ag+].